The zero-order valence-electron chi connectivity index (χ0n) is 14.4. The number of aromatic amines is 1. The molecule has 0 aliphatic carbocycles. The Morgan fingerprint density at radius 3 is 2.85 bits per heavy atom. The molecule has 1 atom stereocenters. The van der Waals surface area contributed by atoms with Gasteiger partial charge in [0.25, 0.3) is 5.56 Å². The molecule has 2 rings (SSSR count). The first-order valence-electron chi connectivity index (χ1n) is 8.18. The van der Waals surface area contributed by atoms with Crippen LogP contribution in [-0.2, 0) is 16.0 Å². The van der Waals surface area contributed by atoms with E-state index in [4.69, 9.17) is 5.26 Å². The van der Waals surface area contributed by atoms with Crippen molar-refractivity contribution < 1.29 is 9.59 Å². The van der Waals surface area contributed by atoms with Crippen molar-refractivity contribution in [2.24, 2.45) is 0 Å². The average Bonchev–Trinajstić information content (AvgIpc) is 2.99. The van der Waals surface area contributed by atoms with Crippen LogP contribution in [-0.4, -0.2) is 39.2 Å². The number of amides is 2. The lowest BCUT2D eigenvalue weighted by Crippen LogP contribution is -2.43. The minimum absolute atomic E-state index is 0.00233. The van der Waals surface area contributed by atoms with Crippen molar-refractivity contribution in [2.75, 3.05) is 6.54 Å². The second kappa shape index (κ2) is 9.17. The number of hydrogen-bond donors (Lipinski definition) is 3. The predicted octanol–water partition coefficient (Wildman–Crippen LogP) is 0.0278. The second-order valence-electron chi connectivity index (χ2n) is 5.63. The summed E-state index contributed by atoms with van der Waals surface area (Å²) in [7, 11) is 0. The predicted molar refractivity (Wildman–Crippen MR) is 93.4 cm³/mol. The van der Waals surface area contributed by atoms with Crippen LogP contribution in [0.5, 0.6) is 0 Å². The van der Waals surface area contributed by atoms with Gasteiger partial charge in [0.15, 0.2) is 5.82 Å². The lowest BCUT2D eigenvalue weighted by atomic mass is 10.2. The highest BCUT2D eigenvalue weighted by molar-refractivity contribution is 5.79. The number of nitrogens with one attached hydrogen (secondary N) is 3. The van der Waals surface area contributed by atoms with Gasteiger partial charge in [-0.2, -0.15) is 5.26 Å². The zero-order chi connectivity index (χ0) is 18.9. The first kappa shape index (κ1) is 18.9. The van der Waals surface area contributed by atoms with Gasteiger partial charge in [-0.1, -0.05) is 13.0 Å². The number of carbonyl (C=O) groups excluding carboxylic acids is 2. The minimum atomic E-state index is -0.370. The molecule has 136 valence electrons. The van der Waals surface area contributed by atoms with Gasteiger partial charge in [-0.3, -0.25) is 19.5 Å². The fraction of sp³-hybridized carbons (Fsp3) is 0.353. The Kier molecular flexibility index (Phi) is 6.68. The fourth-order valence-corrected chi connectivity index (χ4v) is 2.31. The van der Waals surface area contributed by atoms with Crippen LogP contribution in [0.15, 0.2) is 35.3 Å². The maximum absolute atomic E-state index is 12.1. The lowest BCUT2D eigenvalue weighted by Gasteiger charge is -2.16. The maximum atomic E-state index is 12.1. The van der Waals surface area contributed by atoms with Gasteiger partial charge >= 0.3 is 0 Å². The quantitative estimate of drug-likeness (QED) is 0.614. The molecule has 2 heterocycles. The molecule has 0 bridgehead atoms. The summed E-state index contributed by atoms with van der Waals surface area (Å²) in [4.78, 5) is 39.6. The number of nitriles is 1. The summed E-state index contributed by atoms with van der Waals surface area (Å²) in [5.41, 5.74) is 0.154. The molecule has 3 N–H and O–H groups in total. The van der Waals surface area contributed by atoms with E-state index in [0.29, 0.717) is 17.9 Å². The molecule has 2 amide bonds. The van der Waals surface area contributed by atoms with Crippen LogP contribution in [0.25, 0.3) is 5.82 Å². The third kappa shape index (κ3) is 5.31. The number of carbonyl (C=O) groups is 2. The first-order chi connectivity index (χ1) is 12.5. The highest BCUT2D eigenvalue weighted by Crippen LogP contribution is 2.00. The van der Waals surface area contributed by atoms with Crippen molar-refractivity contribution in [1.29, 1.82) is 5.26 Å². The smallest absolute Gasteiger partial charge is 0.272 e. The second-order valence-corrected chi connectivity index (χ2v) is 5.63. The molecule has 9 nitrogen and oxygen atoms in total. The Balaban J connectivity index is 1.91. The normalized spacial score (nSPS) is 11.4. The summed E-state index contributed by atoms with van der Waals surface area (Å²) in [5.74, 6) is -0.215. The van der Waals surface area contributed by atoms with Crippen LogP contribution in [0, 0.1) is 11.3 Å². The molecule has 1 unspecified atom stereocenters. The summed E-state index contributed by atoms with van der Waals surface area (Å²) in [5, 5.41) is 16.7. The van der Waals surface area contributed by atoms with Crippen LogP contribution in [0.3, 0.4) is 0 Å². The van der Waals surface area contributed by atoms with E-state index in [1.165, 1.54) is 10.7 Å². The van der Waals surface area contributed by atoms with E-state index in [1.54, 1.807) is 30.5 Å². The monoisotopic (exact) mass is 356 g/mol. The molecule has 2 aromatic heterocycles. The molecule has 0 spiro atoms. The summed E-state index contributed by atoms with van der Waals surface area (Å²) in [6.07, 6.45) is 1.97. The van der Waals surface area contributed by atoms with Crippen molar-refractivity contribution in [3.8, 4) is 11.9 Å². The highest BCUT2D eigenvalue weighted by Gasteiger charge is 2.13. The van der Waals surface area contributed by atoms with Gasteiger partial charge in [0.2, 0.25) is 11.8 Å². The van der Waals surface area contributed by atoms with Crippen molar-refractivity contribution in [3.63, 3.8) is 0 Å². The van der Waals surface area contributed by atoms with E-state index in [0.717, 1.165) is 0 Å². The van der Waals surface area contributed by atoms with Crippen molar-refractivity contribution in [3.05, 3.63) is 46.5 Å². The summed E-state index contributed by atoms with van der Waals surface area (Å²) in [6.45, 7) is 2.12. The standard InChI is InChI=1S/C17H20N6O3/c1-2-12(21-15(24)6-7-18)11-20-16(25)9-13-10-17(26)23(22-13)14-5-3-4-8-19-14/h3-5,8,10,12,22H,2,6,9,11H2,1H3,(H,20,25)(H,21,24). The Morgan fingerprint density at radius 1 is 1.38 bits per heavy atom. The van der Waals surface area contributed by atoms with Gasteiger partial charge in [-0.25, -0.2) is 9.67 Å². The number of aromatic nitrogens is 3. The number of hydrogen-bond acceptors (Lipinski definition) is 5. The third-order valence-corrected chi connectivity index (χ3v) is 3.65. The molecule has 0 aliphatic heterocycles. The van der Waals surface area contributed by atoms with Gasteiger partial charge in [-0.15, -0.1) is 0 Å². The van der Waals surface area contributed by atoms with E-state index in [9.17, 15) is 14.4 Å². The molecule has 9 heteroatoms. The summed E-state index contributed by atoms with van der Waals surface area (Å²) in [6, 6.07) is 8.05. The molecule has 0 saturated carbocycles. The van der Waals surface area contributed by atoms with Gasteiger partial charge in [0.05, 0.1) is 12.5 Å². The van der Waals surface area contributed by atoms with Gasteiger partial charge in [0, 0.05) is 30.5 Å². The van der Waals surface area contributed by atoms with E-state index in [2.05, 4.69) is 20.7 Å². The topological polar surface area (TPSA) is 133 Å². The van der Waals surface area contributed by atoms with Crippen LogP contribution < -0.4 is 16.2 Å². The van der Waals surface area contributed by atoms with Crippen molar-refractivity contribution in [2.45, 2.75) is 32.2 Å². The number of pyridine rings is 1. The molecule has 0 fully saturated rings. The van der Waals surface area contributed by atoms with Crippen LogP contribution in [0.4, 0.5) is 0 Å². The Hall–Kier alpha value is -3.41. The number of rotatable bonds is 8. The van der Waals surface area contributed by atoms with Gasteiger partial charge < -0.3 is 10.6 Å². The Labute approximate surface area is 150 Å². The molecule has 0 saturated heterocycles. The maximum Gasteiger partial charge on any atom is 0.272 e. The van der Waals surface area contributed by atoms with Gasteiger partial charge in [-0.05, 0) is 18.6 Å². The van der Waals surface area contributed by atoms with Crippen molar-refractivity contribution >= 4 is 11.8 Å². The number of nitrogens with zero attached hydrogens (tertiary/aromatic N) is 3. The SMILES string of the molecule is CCC(CNC(=O)Cc1cc(=O)n(-c2ccccn2)[nH]1)NC(=O)CC#N. The van der Waals surface area contributed by atoms with Crippen molar-refractivity contribution in [1.82, 2.24) is 25.4 Å². The summed E-state index contributed by atoms with van der Waals surface area (Å²) < 4.78 is 1.26. The third-order valence-electron chi connectivity index (χ3n) is 3.65. The molecule has 0 aliphatic rings. The highest BCUT2D eigenvalue weighted by atomic mass is 16.2. The van der Waals surface area contributed by atoms with Crippen LogP contribution in [0.2, 0.25) is 0 Å². The molecular formula is C17H20N6O3. The van der Waals surface area contributed by atoms with E-state index >= 15 is 0 Å². The fourth-order valence-electron chi connectivity index (χ4n) is 2.31. The number of H-pyrrole nitrogens is 1. The Bertz CT molecular complexity index is 849. The largest absolute Gasteiger partial charge is 0.354 e. The van der Waals surface area contributed by atoms with E-state index < -0.39 is 0 Å². The molecule has 0 radical (unpaired) electrons. The molecule has 26 heavy (non-hydrogen) atoms. The lowest BCUT2D eigenvalue weighted by molar-refractivity contribution is -0.122. The van der Waals surface area contributed by atoms with E-state index in [-0.39, 0.29) is 42.8 Å². The minimum Gasteiger partial charge on any atom is -0.354 e. The first-order valence-corrected chi connectivity index (χ1v) is 8.18. The zero-order valence-corrected chi connectivity index (χ0v) is 14.4. The molecular weight excluding hydrogens is 336 g/mol. The molecule has 0 aromatic carbocycles. The Morgan fingerprint density at radius 2 is 2.19 bits per heavy atom. The molecule has 2 aromatic rings. The van der Waals surface area contributed by atoms with E-state index in [1.807, 2.05) is 6.92 Å². The van der Waals surface area contributed by atoms with Crippen LogP contribution in [0.1, 0.15) is 25.5 Å². The van der Waals surface area contributed by atoms with Crippen LogP contribution >= 0.6 is 0 Å². The summed E-state index contributed by atoms with van der Waals surface area (Å²) >= 11 is 0. The van der Waals surface area contributed by atoms with Gasteiger partial charge in [0.1, 0.15) is 6.42 Å². The average molecular weight is 356 g/mol.